The second kappa shape index (κ2) is 8.31. The number of nitrogens with two attached hydrogens (primary N) is 1. The maximum Gasteiger partial charge on any atom is 0.354 e. The van der Waals surface area contributed by atoms with E-state index in [-0.39, 0.29) is 16.5 Å². The third-order valence-corrected chi connectivity index (χ3v) is 7.09. The summed E-state index contributed by atoms with van der Waals surface area (Å²) in [5.41, 5.74) is 4.45. The van der Waals surface area contributed by atoms with Gasteiger partial charge in [-0.2, -0.15) is 10.4 Å². The van der Waals surface area contributed by atoms with E-state index in [1.54, 1.807) is 23.0 Å². The molecule has 3 N–H and O–H groups in total. The third kappa shape index (κ3) is 3.94. The van der Waals surface area contributed by atoms with Gasteiger partial charge in [-0.15, -0.1) is 4.36 Å². The van der Waals surface area contributed by atoms with Gasteiger partial charge < -0.3 is 10.1 Å². The van der Waals surface area contributed by atoms with Gasteiger partial charge in [0.15, 0.2) is 9.92 Å². The van der Waals surface area contributed by atoms with Crippen molar-refractivity contribution in [3.8, 4) is 23.1 Å². The fourth-order valence-electron chi connectivity index (χ4n) is 4.26. The number of nitriles is 1. The molecule has 0 radical (unpaired) electrons. The van der Waals surface area contributed by atoms with E-state index in [1.807, 2.05) is 18.2 Å². The highest BCUT2D eigenvalue weighted by Gasteiger charge is 2.25. The highest BCUT2D eigenvalue weighted by Crippen LogP contribution is 2.38. The Morgan fingerprint density at radius 2 is 2.18 bits per heavy atom. The molecular formula is C22H21N7O3S. The fourth-order valence-corrected chi connectivity index (χ4v) is 5.26. The number of hydrogen-bond donors (Lipinski definition) is 2. The number of urea groups is 1. The van der Waals surface area contributed by atoms with Crippen LogP contribution in [0.1, 0.15) is 29.7 Å². The predicted molar refractivity (Wildman–Crippen MR) is 121 cm³/mol. The van der Waals surface area contributed by atoms with Gasteiger partial charge in [-0.3, -0.25) is 0 Å². The summed E-state index contributed by atoms with van der Waals surface area (Å²) in [6, 6.07) is 8.56. The number of amides is 2. The summed E-state index contributed by atoms with van der Waals surface area (Å²) in [6.07, 6.45) is 6.33. The zero-order chi connectivity index (χ0) is 23.0. The predicted octanol–water partition coefficient (Wildman–Crippen LogP) is 3.02. The molecule has 2 amide bonds. The molecule has 0 saturated heterocycles. The number of fused-ring (bicyclic) bond motifs is 2. The maximum atomic E-state index is 13.2. The largest absolute Gasteiger partial charge is 0.477 e. The Bertz CT molecular complexity index is 1430. The van der Waals surface area contributed by atoms with E-state index < -0.39 is 15.9 Å². The number of hydrogen-bond acceptors (Lipinski definition) is 6. The van der Waals surface area contributed by atoms with Crippen molar-refractivity contribution in [1.82, 2.24) is 14.8 Å². The molecule has 0 fully saturated rings. The average molecular weight is 464 g/mol. The van der Waals surface area contributed by atoms with Crippen LogP contribution >= 0.6 is 0 Å². The molecule has 33 heavy (non-hydrogen) atoms. The zero-order valence-corrected chi connectivity index (χ0v) is 18.5. The Hall–Kier alpha value is -3.75. The maximum absolute atomic E-state index is 13.2. The molecule has 10 nitrogen and oxygen atoms in total. The van der Waals surface area contributed by atoms with Crippen molar-refractivity contribution < 1.29 is 13.7 Å². The summed E-state index contributed by atoms with van der Waals surface area (Å²) in [7, 11) is -3.58. The van der Waals surface area contributed by atoms with Gasteiger partial charge >= 0.3 is 6.03 Å². The number of carbonyl (C=O) groups excluding carboxylic acids is 1. The number of ether oxygens (including phenoxy) is 1. The Morgan fingerprint density at radius 1 is 1.30 bits per heavy atom. The van der Waals surface area contributed by atoms with E-state index in [1.165, 1.54) is 6.20 Å². The van der Waals surface area contributed by atoms with E-state index in [9.17, 15) is 14.3 Å². The van der Waals surface area contributed by atoms with Crippen LogP contribution < -0.4 is 15.2 Å². The van der Waals surface area contributed by atoms with E-state index in [0.29, 0.717) is 18.8 Å². The minimum atomic E-state index is -3.58. The van der Waals surface area contributed by atoms with Crippen molar-refractivity contribution in [1.29, 1.82) is 5.26 Å². The number of rotatable bonds is 3. The molecule has 168 valence electrons. The highest BCUT2D eigenvalue weighted by atomic mass is 32.2. The minimum absolute atomic E-state index is 0.101. The number of aryl methyl sites for hydroxylation is 2. The molecule has 0 bridgehead atoms. The van der Waals surface area contributed by atoms with Gasteiger partial charge in [-0.1, -0.05) is 12.1 Å². The number of carbonyl (C=O) groups is 1. The van der Waals surface area contributed by atoms with Gasteiger partial charge in [0, 0.05) is 24.7 Å². The second-order valence-corrected chi connectivity index (χ2v) is 9.61. The average Bonchev–Trinajstić information content (AvgIpc) is 3.46. The SMILES string of the molecule is N#Cc1cc(-c2ccc3c(c2NC(=O)N=[S@](N)(=O)c2cnn4c2OCCC4)CCC3)ccn1. The van der Waals surface area contributed by atoms with Gasteiger partial charge in [-0.25, -0.2) is 23.8 Å². The third-order valence-electron chi connectivity index (χ3n) is 5.75. The lowest BCUT2D eigenvalue weighted by Gasteiger charge is -2.17. The van der Waals surface area contributed by atoms with Crippen molar-refractivity contribution in [3.05, 3.63) is 53.5 Å². The smallest absolute Gasteiger partial charge is 0.354 e. The van der Waals surface area contributed by atoms with Gasteiger partial charge in [0.2, 0.25) is 5.88 Å². The summed E-state index contributed by atoms with van der Waals surface area (Å²) in [5.74, 6) is 0.285. The monoisotopic (exact) mass is 463 g/mol. The topological polar surface area (TPSA) is 148 Å². The lowest BCUT2D eigenvalue weighted by molar-refractivity contribution is 0.224. The molecule has 1 aliphatic carbocycles. The molecule has 0 unspecified atom stereocenters. The first-order valence-electron chi connectivity index (χ1n) is 10.5. The van der Waals surface area contributed by atoms with Gasteiger partial charge in [0.05, 0.1) is 18.5 Å². The van der Waals surface area contributed by atoms with Crippen LogP contribution in [0.3, 0.4) is 0 Å². The van der Waals surface area contributed by atoms with Crippen molar-refractivity contribution in [2.75, 3.05) is 11.9 Å². The summed E-state index contributed by atoms with van der Waals surface area (Å²) < 4.78 is 24.1. The molecule has 2 aromatic heterocycles. The summed E-state index contributed by atoms with van der Waals surface area (Å²) in [5, 5.41) is 22.2. The lowest BCUT2D eigenvalue weighted by atomic mass is 9.97. The van der Waals surface area contributed by atoms with Crippen LogP contribution in [0.15, 0.2) is 45.9 Å². The molecule has 5 rings (SSSR count). The van der Waals surface area contributed by atoms with Crippen LogP contribution in [0.4, 0.5) is 10.5 Å². The lowest BCUT2D eigenvalue weighted by Crippen LogP contribution is -2.21. The molecule has 1 atom stereocenters. The number of pyridine rings is 1. The summed E-state index contributed by atoms with van der Waals surface area (Å²) in [6.45, 7) is 1.07. The quantitative estimate of drug-likeness (QED) is 0.610. The molecule has 0 saturated carbocycles. The van der Waals surface area contributed by atoms with Crippen LogP contribution in [-0.2, 0) is 29.3 Å². The Morgan fingerprint density at radius 3 is 3.03 bits per heavy atom. The van der Waals surface area contributed by atoms with E-state index >= 15 is 0 Å². The minimum Gasteiger partial charge on any atom is -0.477 e. The second-order valence-electron chi connectivity index (χ2n) is 7.85. The number of nitrogens with one attached hydrogen (secondary N) is 1. The van der Waals surface area contributed by atoms with E-state index in [2.05, 4.69) is 19.8 Å². The molecule has 1 aromatic carbocycles. The van der Waals surface area contributed by atoms with Crippen LogP contribution in [0.5, 0.6) is 5.88 Å². The standard InChI is InChI=1S/C22H21N7O3S/c23-12-16-11-15(7-8-25-16)18-6-5-14-3-1-4-17(14)20(18)27-22(30)28-33(24,31)19-13-26-29-9-2-10-32-21(19)29/h5-8,11,13H,1-4,9-10H2,(H3,24,27,28,30,31)/t33-/m0/s1. The van der Waals surface area contributed by atoms with Crippen molar-refractivity contribution in [2.24, 2.45) is 9.50 Å². The first-order valence-corrected chi connectivity index (χ1v) is 12.1. The van der Waals surface area contributed by atoms with Gasteiger partial charge in [0.1, 0.15) is 16.7 Å². The molecule has 1 aliphatic heterocycles. The van der Waals surface area contributed by atoms with E-state index in [4.69, 9.17) is 9.88 Å². The Labute approximate surface area is 190 Å². The molecule has 3 aromatic rings. The van der Waals surface area contributed by atoms with Crippen LogP contribution in [0, 0.1) is 11.3 Å². The van der Waals surface area contributed by atoms with E-state index in [0.717, 1.165) is 47.9 Å². The first kappa shape index (κ1) is 21.1. The normalized spacial score (nSPS) is 16.0. The molecule has 2 aliphatic rings. The fraction of sp³-hybridized carbons (Fsp3) is 0.273. The van der Waals surface area contributed by atoms with Crippen molar-refractivity contribution >= 4 is 21.6 Å². The van der Waals surface area contributed by atoms with Crippen molar-refractivity contribution in [2.45, 2.75) is 37.1 Å². The molecule has 3 heterocycles. The van der Waals surface area contributed by atoms with Crippen LogP contribution in [-0.4, -0.2) is 31.6 Å². The molecule has 11 heteroatoms. The van der Waals surface area contributed by atoms with Crippen LogP contribution in [0.2, 0.25) is 0 Å². The molecule has 0 spiro atoms. The highest BCUT2D eigenvalue weighted by molar-refractivity contribution is 7.91. The number of anilines is 1. The summed E-state index contributed by atoms with van der Waals surface area (Å²) in [4.78, 5) is 17.0. The van der Waals surface area contributed by atoms with Crippen LogP contribution in [0.25, 0.3) is 11.1 Å². The van der Waals surface area contributed by atoms with Gasteiger partial charge in [-0.05, 0) is 48.1 Å². The van der Waals surface area contributed by atoms with Gasteiger partial charge in [0.25, 0.3) is 0 Å². The number of benzene rings is 1. The zero-order valence-electron chi connectivity index (χ0n) is 17.7. The Balaban J connectivity index is 1.53. The first-order chi connectivity index (χ1) is 16.0. The number of nitrogens with zero attached hydrogens (tertiary/aromatic N) is 5. The van der Waals surface area contributed by atoms with Crippen molar-refractivity contribution in [3.63, 3.8) is 0 Å². The summed E-state index contributed by atoms with van der Waals surface area (Å²) >= 11 is 0. The molecular weight excluding hydrogens is 442 g/mol. The number of aromatic nitrogens is 3. The Kier molecular flexibility index (Phi) is 5.32.